The van der Waals surface area contributed by atoms with Crippen molar-refractivity contribution in [2.75, 3.05) is 26.2 Å². The summed E-state index contributed by atoms with van der Waals surface area (Å²) in [6.45, 7) is 3.24. The predicted molar refractivity (Wildman–Crippen MR) is 105 cm³/mol. The van der Waals surface area contributed by atoms with Crippen LogP contribution in [0.2, 0.25) is 5.02 Å². The minimum absolute atomic E-state index is 0.131. The molecular formula is C18H19ClN2O3S2. The maximum absolute atomic E-state index is 12.6. The Labute approximate surface area is 162 Å². The Balaban J connectivity index is 1.60. The van der Waals surface area contributed by atoms with Crippen molar-refractivity contribution in [1.82, 2.24) is 9.21 Å². The molecule has 8 heteroatoms. The number of sulfonamides is 1. The number of benzene rings is 1. The lowest BCUT2D eigenvalue weighted by Crippen LogP contribution is -2.50. The van der Waals surface area contributed by atoms with Crippen molar-refractivity contribution in [3.05, 3.63) is 57.9 Å². The summed E-state index contributed by atoms with van der Waals surface area (Å²) < 4.78 is 27.1. The Kier molecular flexibility index (Phi) is 5.82. The van der Waals surface area contributed by atoms with Crippen LogP contribution in [0.1, 0.15) is 10.4 Å². The number of nitrogens with zero attached hydrogens (tertiary/aromatic N) is 2. The maximum atomic E-state index is 12.6. The van der Waals surface area contributed by atoms with Crippen LogP contribution in [-0.4, -0.2) is 49.7 Å². The van der Waals surface area contributed by atoms with Gasteiger partial charge in [0.2, 0.25) is 5.91 Å². The molecule has 0 N–H and O–H groups in total. The molecule has 1 aromatic carbocycles. The van der Waals surface area contributed by atoms with E-state index >= 15 is 0 Å². The van der Waals surface area contributed by atoms with Gasteiger partial charge in [-0.2, -0.15) is 4.31 Å². The van der Waals surface area contributed by atoms with Crippen LogP contribution in [0.3, 0.4) is 0 Å². The number of carbonyl (C=O) groups excluding carboxylic acids is 1. The second kappa shape index (κ2) is 7.92. The molecule has 2 heterocycles. The van der Waals surface area contributed by atoms with Gasteiger partial charge in [0.05, 0.1) is 0 Å². The molecule has 26 heavy (non-hydrogen) atoms. The molecule has 1 fully saturated rings. The first-order valence-electron chi connectivity index (χ1n) is 8.15. The minimum atomic E-state index is -3.47. The number of amides is 1. The van der Waals surface area contributed by atoms with Gasteiger partial charge in [-0.1, -0.05) is 23.7 Å². The molecule has 0 bridgehead atoms. The first-order valence-corrected chi connectivity index (χ1v) is 10.8. The van der Waals surface area contributed by atoms with Gasteiger partial charge in [0.25, 0.3) is 10.0 Å². The van der Waals surface area contributed by atoms with Crippen LogP contribution in [0.5, 0.6) is 0 Å². The van der Waals surface area contributed by atoms with Crippen molar-refractivity contribution in [1.29, 1.82) is 0 Å². The number of aryl methyl sites for hydroxylation is 1. The van der Waals surface area contributed by atoms with Crippen LogP contribution in [-0.2, 0) is 14.8 Å². The largest absolute Gasteiger partial charge is 0.337 e. The van der Waals surface area contributed by atoms with Crippen molar-refractivity contribution in [2.24, 2.45) is 0 Å². The summed E-state index contributed by atoms with van der Waals surface area (Å²) in [6, 6.07) is 10.7. The van der Waals surface area contributed by atoms with E-state index in [-0.39, 0.29) is 5.91 Å². The van der Waals surface area contributed by atoms with E-state index in [0.29, 0.717) is 35.4 Å². The lowest BCUT2D eigenvalue weighted by molar-refractivity contribution is -0.127. The van der Waals surface area contributed by atoms with Crippen molar-refractivity contribution in [3.63, 3.8) is 0 Å². The first-order chi connectivity index (χ1) is 12.4. The number of rotatable bonds is 4. The van der Waals surface area contributed by atoms with Gasteiger partial charge >= 0.3 is 0 Å². The first kappa shape index (κ1) is 19.1. The summed E-state index contributed by atoms with van der Waals surface area (Å²) in [4.78, 5) is 14.9. The Morgan fingerprint density at radius 3 is 2.50 bits per heavy atom. The van der Waals surface area contributed by atoms with Crippen LogP contribution < -0.4 is 0 Å². The van der Waals surface area contributed by atoms with Crippen LogP contribution in [0.15, 0.2) is 46.7 Å². The van der Waals surface area contributed by atoms with E-state index in [1.165, 1.54) is 21.7 Å². The summed E-state index contributed by atoms with van der Waals surface area (Å²) in [6.07, 6.45) is 3.21. The fraction of sp³-hybridized carbons (Fsp3) is 0.278. The molecule has 1 aliphatic heterocycles. The number of thiophene rings is 1. The molecule has 1 amide bonds. The fourth-order valence-corrected chi connectivity index (χ4v) is 5.77. The fourth-order valence-electron chi connectivity index (χ4n) is 2.71. The highest BCUT2D eigenvalue weighted by Crippen LogP contribution is 2.25. The third kappa shape index (κ3) is 4.35. The summed E-state index contributed by atoms with van der Waals surface area (Å²) in [5, 5.41) is 0.613. The van der Waals surface area contributed by atoms with E-state index in [9.17, 15) is 13.2 Å². The quantitative estimate of drug-likeness (QED) is 0.727. The molecule has 0 aliphatic carbocycles. The second-order valence-corrected chi connectivity index (χ2v) is 9.87. The Bertz CT molecular complexity index is 929. The zero-order valence-corrected chi connectivity index (χ0v) is 16.6. The van der Waals surface area contributed by atoms with Gasteiger partial charge in [-0.25, -0.2) is 8.42 Å². The molecule has 0 saturated carbocycles. The number of halogens is 1. The zero-order chi connectivity index (χ0) is 18.7. The highest BCUT2D eigenvalue weighted by molar-refractivity contribution is 7.91. The third-order valence-corrected chi connectivity index (χ3v) is 7.73. The van der Waals surface area contributed by atoms with Gasteiger partial charge in [0.15, 0.2) is 0 Å². The smallest absolute Gasteiger partial charge is 0.252 e. The molecule has 3 rings (SSSR count). The average molecular weight is 411 g/mol. The van der Waals surface area contributed by atoms with Crippen LogP contribution in [0.25, 0.3) is 6.08 Å². The molecule has 0 atom stereocenters. The molecule has 0 spiro atoms. The van der Waals surface area contributed by atoms with Crippen molar-refractivity contribution >= 4 is 44.9 Å². The highest BCUT2D eigenvalue weighted by Gasteiger charge is 2.30. The lowest BCUT2D eigenvalue weighted by atomic mass is 10.2. The molecular weight excluding hydrogens is 392 g/mol. The molecule has 1 saturated heterocycles. The van der Waals surface area contributed by atoms with Crippen LogP contribution in [0.4, 0.5) is 0 Å². The highest BCUT2D eigenvalue weighted by atomic mass is 35.5. The molecule has 5 nitrogen and oxygen atoms in total. The van der Waals surface area contributed by atoms with Gasteiger partial charge in [0, 0.05) is 42.2 Å². The SMILES string of the molecule is Cc1ccc(S(=O)(=O)N2CCN(C(=O)/C=C/c3cccc(Cl)c3)CC2)s1. The topological polar surface area (TPSA) is 57.7 Å². The molecule has 138 valence electrons. The minimum Gasteiger partial charge on any atom is -0.337 e. The summed E-state index contributed by atoms with van der Waals surface area (Å²) >= 11 is 7.20. The van der Waals surface area contributed by atoms with Crippen molar-refractivity contribution in [3.8, 4) is 0 Å². The Morgan fingerprint density at radius 1 is 1.15 bits per heavy atom. The normalized spacial score (nSPS) is 16.3. The van der Waals surface area contributed by atoms with Gasteiger partial charge in [-0.15, -0.1) is 11.3 Å². The van der Waals surface area contributed by atoms with E-state index in [2.05, 4.69) is 0 Å². The predicted octanol–water partition coefficient (Wildman–Crippen LogP) is 3.26. The van der Waals surface area contributed by atoms with E-state index in [0.717, 1.165) is 10.4 Å². The van der Waals surface area contributed by atoms with E-state index in [4.69, 9.17) is 11.6 Å². The lowest BCUT2D eigenvalue weighted by Gasteiger charge is -2.33. The van der Waals surface area contributed by atoms with E-state index < -0.39 is 10.0 Å². The van der Waals surface area contributed by atoms with Crippen molar-refractivity contribution < 1.29 is 13.2 Å². The Morgan fingerprint density at radius 2 is 1.88 bits per heavy atom. The number of hydrogen-bond acceptors (Lipinski definition) is 4. The summed E-state index contributed by atoms with van der Waals surface area (Å²) in [7, 11) is -3.47. The molecule has 0 unspecified atom stereocenters. The number of hydrogen-bond donors (Lipinski definition) is 0. The molecule has 1 aromatic heterocycles. The monoisotopic (exact) mass is 410 g/mol. The van der Waals surface area contributed by atoms with Crippen molar-refractivity contribution in [2.45, 2.75) is 11.1 Å². The van der Waals surface area contributed by atoms with E-state index in [1.807, 2.05) is 19.1 Å². The van der Waals surface area contributed by atoms with Crippen LogP contribution >= 0.6 is 22.9 Å². The number of piperazine rings is 1. The Hall–Kier alpha value is -1.67. The van der Waals surface area contributed by atoms with Crippen LogP contribution in [0, 0.1) is 6.92 Å². The molecule has 1 aliphatic rings. The zero-order valence-electron chi connectivity index (χ0n) is 14.3. The van der Waals surface area contributed by atoms with Gasteiger partial charge < -0.3 is 4.90 Å². The van der Waals surface area contributed by atoms with E-state index in [1.54, 1.807) is 35.2 Å². The van der Waals surface area contributed by atoms with Gasteiger partial charge in [-0.05, 0) is 42.8 Å². The maximum Gasteiger partial charge on any atom is 0.252 e. The van der Waals surface area contributed by atoms with Gasteiger partial charge in [0.1, 0.15) is 4.21 Å². The average Bonchev–Trinajstić information content (AvgIpc) is 3.07. The number of carbonyl (C=O) groups is 1. The molecule has 2 aromatic rings. The summed E-state index contributed by atoms with van der Waals surface area (Å²) in [5.74, 6) is -0.131. The van der Waals surface area contributed by atoms with Gasteiger partial charge in [-0.3, -0.25) is 4.79 Å². The third-order valence-electron chi connectivity index (χ3n) is 4.13. The second-order valence-electron chi connectivity index (χ2n) is 5.98. The standard InChI is InChI=1S/C18H19ClN2O3S2/c1-14-5-8-18(25-14)26(23,24)21-11-9-20(10-12-21)17(22)7-6-15-3-2-4-16(19)13-15/h2-8,13H,9-12H2,1H3/b7-6+. The molecule has 0 radical (unpaired) electrons. The summed E-state index contributed by atoms with van der Waals surface area (Å²) in [5.41, 5.74) is 0.847.